The van der Waals surface area contributed by atoms with E-state index in [4.69, 9.17) is 0 Å². The topological polar surface area (TPSA) is 74.9 Å². The lowest BCUT2D eigenvalue weighted by Crippen LogP contribution is -2.62. The zero-order valence-electron chi connectivity index (χ0n) is 17.3. The van der Waals surface area contributed by atoms with Crippen molar-refractivity contribution in [2.45, 2.75) is 24.8 Å². The minimum atomic E-state index is -3.81. The van der Waals surface area contributed by atoms with Crippen LogP contribution in [0.5, 0.6) is 11.5 Å². The predicted octanol–water partition coefficient (Wildman–Crippen LogP) is 2.80. The summed E-state index contributed by atoms with van der Waals surface area (Å²) in [4.78, 5) is 32.1. The number of H-pyrrole nitrogens is 1. The van der Waals surface area contributed by atoms with Gasteiger partial charge in [0.25, 0.3) is 0 Å². The van der Waals surface area contributed by atoms with Crippen LogP contribution in [0.2, 0.25) is 0 Å². The van der Waals surface area contributed by atoms with Crippen LogP contribution in [0, 0.1) is 0 Å². The van der Waals surface area contributed by atoms with Gasteiger partial charge >= 0.3 is 6.29 Å². The fourth-order valence-electron chi connectivity index (χ4n) is 4.66. The number of aromatic amines is 1. The summed E-state index contributed by atoms with van der Waals surface area (Å²) >= 11 is 0. The van der Waals surface area contributed by atoms with Crippen molar-refractivity contribution in [3.05, 3.63) is 59.3 Å². The number of fused-ring (bicyclic) bond motifs is 5. The van der Waals surface area contributed by atoms with E-state index >= 15 is 0 Å². The number of nitrogens with zero attached hydrogens (tertiary/aromatic N) is 2. The maximum absolute atomic E-state index is 13.6. The minimum absolute atomic E-state index is 0.160. The third-order valence-corrected chi connectivity index (χ3v) is 5.98. The highest BCUT2D eigenvalue weighted by molar-refractivity contribution is 5.97. The lowest BCUT2D eigenvalue weighted by Gasteiger charge is -2.46. The number of piperazine rings is 1. The number of hydrogen-bond acceptors (Lipinski definition) is 4. The van der Waals surface area contributed by atoms with Crippen molar-refractivity contribution >= 4 is 22.7 Å². The number of benzene rings is 2. The molecular formula is C22H17F2N3O4. The lowest BCUT2D eigenvalue weighted by atomic mass is 9.87. The van der Waals surface area contributed by atoms with Gasteiger partial charge in [-0.25, -0.2) is 0 Å². The van der Waals surface area contributed by atoms with Gasteiger partial charge in [0.2, 0.25) is 11.8 Å². The number of aromatic nitrogens is 1. The number of likely N-dealkylation sites (N-methyl/N-ethyl adjacent to an activating group) is 1. The van der Waals surface area contributed by atoms with Crippen molar-refractivity contribution < 1.29 is 29.2 Å². The molecule has 0 radical (unpaired) electrons. The SMILES string of the molecule is [2H][C@@]1(c2ccc3c(c2)OC(F)(F)O3)c2[nH]c3ccccc3c2C[C@@H]2C(=O)N(C)[13CH2]C(=O)N21. The zero-order valence-corrected chi connectivity index (χ0v) is 16.3. The second kappa shape index (κ2) is 5.96. The van der Waals surface area contributed by atoms with Gasteiger partial charge in [0.05, 0.1) is 13.9 Å². The number of rotatable bonds is 1. The Morgan fingerprint density at radius 3 is 2.77 bits per heavy atom. The Hall–Kier alpha value is -3.62. The largest absolute Gasteiger partial charge is 0.586 e. The van der Waals surface area contributed by atoms with Crippen molar-refractivity contribution in [1.29, 1.82) is 0 Å². The van der Waals surface area contributed by atoms with Gasteiger partial charge in [0.15, 0.2) is 11.5 Å². The monoisotopic (exact) mass is 427 g/mol. The molecule has 1 fully saturated rings. The van der Waals surface area contributed by atoms with Crippen LogP contribution in [0.3, 0.4) is 0 Å². The summed E-state index contributed by atoms with van der Waals surface area (Å²) in [5, 5.41) is 0.847. The standard InChI is InChI=1S/C22H17F2N3O4/c1-26-10-18(28)27-15(21(26)29)9-13-12-4-2-3-5-14(12)25-19(13)20(27)11-6-7-16-17(8-11)31-22(23,24)30-16/h2-8,15,20,25H,9-10H2,1H3/t15-,20-/m1/s1/i10+1,20D. The number of ether oxygens (including phenoxy) is 2. The molecule has 31 heavy (non-hydrogen) atoms. The summed E-state index contributed by atoms with van der Waals surface area (Å²) in [5.41, 5.74) is 2.14. The smallest absolute Gasteiger partial charge is 0.395 e. The highest BCUT2D eigenvalue weighted by atomic mass is 19.3. The molecule has 3 aliphatic rings. The van der Waals surface area contributed by atoms with E-state index in [1.165, 1.54) is 28.0 Å². The van der Waals surface area contributed by atoms with Gasteiger partial charge in [0, 0.05) is 30.1 Å². The Balaban J connectivity index is 1.61. The van der Waals surface area contributed by atoms with Crippen LogP contribution in [0.25, 0.3) is 10.9 Å². The van der Waals surface area contributed by atoms with Crippen molar-refractivity contribution in [3.8, 4) is 11.5 Å². The summed E-state index contributed by atoms with van der Waals surface area (Å²) < 4.78 is 45.8. The van der Waals surface area contributed by atoms with Crippen LogP contribution < -0.4 is 9.47 Å². The first kappa shape index (κ1) is 17.1. The van der Waals surface area contributed by atoms with Gasteiger partial charge in [-0.15, -0.1) is 8.78 Å². The maximum Gasteiger partial charge on any atom is 0.586 e. The number of halogens is 2. The molecule has 2 aromatic carbocycles. The first-order valence-corrected chi connectivity index (χ1v) is 9.76. The molecule has 3 aliphatic heterocycles. The maximum atomic E-state index is 13.6. The molecule has 0 unspecified atom stereocenters. The Morgan fingerprint density at radius 2 is 1.94 bits per heavy atom. The average molecular weight is 427 g/mol. The Bertz CT molecular complexity index is 1330. The summed E-state index contributed by atoms with van der Waals surface area (Å²) in [6, 6.07) is 8.70. The number of nitrogens with one attached hydrogen (secondary N) is 1. The minimum Gasteiger partial charge on any atom is -0.395 e. The third kappa shape index (κ3) is 2.55. The normalized spacial score (nSPS) is 26.7. The van der Waals surface area contributed by atoms with Gasteiger partial charge in [0.1, 0.15) is 6.04 Å². The molecular weight excluding hydrogens is 409 g/mol. The number of para-hydroxylation sites is 1. The van der Waals surface area contributed by atoms with Crippen LogP contribution in [0.1, 0.15) is 24.2 Å². The molecule has 6 rings (SSSR count). The molecule has 1 N–H and O–H groups in total. The molecule has 158 valence electrons. The van der Waals surface area contributed by atoms with E-state index in [0.717, 1.165) is 16.5 Å². The van der Waals surface area contributed by atoms with Crippen LogP contribution in [0.15, 0.2) is 42.5 Å². The first-order chi connectivity index (χ1) is 15.2. The van der Waals surface area contributed by atoms with Crippen molar-refractivity contribution in [3.63, 3.8) is 0 Å². The third-order valence-electron chi connectivity index (χ3n) is 5.98. The van der Waals surface area contributed by atoms with Crippen LogP contribution in [-0.2, 0) is 16.0 Å². The Labute approximate surface area is 176 Å². The zero-order chi connectivity index (χ0) is 22.4. The van der Waals surface area contributed by atoms with E-state index in [0.29, 0.717) is 5.69 Å². The summed E-state index contributed by atoms with van der Waals surface area (Å²) in [5.74, 6) is -1.07. The summed E-state index contributed by atoms with van der Waals surface area (Å²) in [6.45, 7) is -0.172. The molecule has 0 spiro atoms. The quantitative estimate of drug-likeness (QED) is 0.606. The number of amides is 2. The molecule has 0 saturated carbocycles. The van der Waals surface area contributed by atoms with Crippen molar-refractivity contribution in [2.24, 2.45) is 0 Å². The Kier molecular flexibility index (Phi) is 3.29. The first-order valence-electron chi connectivity index (χ1n) is 10.3. The van der Waals surface area contributed by atoms with Crippen molar-refractivity contribution in [1.82, 2.24) is 14.8 Å². The highest BCUT2D eigenvalue weighted by Crippen LogP contribution is 2.46. The van der Waals surface area contributed by atoms with E-state index < -0.39 is 24.3 Å². The molecule has 3 aromatic rings. The molecule has 2 amide bonds. The van der Waals surface area contributed by atoms with Gasteiger partial charge < -0.3 is 24.3 Å². The summed E-state index contributed by atoms with van der Waals surface area (Å²) in [6.07, 6.45) is -3.56. The highest BCUT2D eigenvalue weighted by Gasteiger charge is 2.48. The fraction of sp³-hybridized carbons (Fsp3) is 0.273. The van der Waals surface area contributed by atoms with E-state index in [1.54, 1.807) is 7.05 Å². The molecule has 9 heteroatoms. The number of carbonyl (C=O) groups excluding carboxylic acids is 2. The fourth-order valence-corrected chi connectivity index (χ4v) is 4.66. The molecule has 2 atom stereocenters. The molecule has 4 heterocycles. The van der Waals surface area contributed by atoms with Crippen LogP contribution in [0.4, 0.5) is 8.78 Å². The van der Waals surface area contributed by atoms with E-state index in [1.807, 2.05) is 24.3 Å². The number of hydrogen-bond donors (Lipinski definition) is 1. The second-order valence-electron chi connectivity index (χ2n) is 7.88. The molecule has 1 aromatic heterocycles. The van der Waals surface area contributed by atoms with E-state index in [-0.39, 0.29) is 35.9 Å². The Morgan fingerprint density at radius 1 is 1.16 bits per heavy atom. The average Bonchev–Trinajstić information content (AvgIpc) is 3.27. The van der Waals surface area contributed by atoms with Gasteiger partial charge in [-0.1, -0.05) is 24.3 Å². The number of alkyl halides is 2. The van der Waals surface area contributed by atoms with Gasteiger partial charge in [-0.3, -0.25) is 9.59 Å². The van der Waals surface area contributed by atoms with Crippen molar-refractivity contribution in [2.75, 3.05) is 13.6 Å². The lowest BCUT2D eigenvalue weighted by molar-refractivity contribution is -0.286. The van der Waals surface area contributed by atoms with E-state index in [2.05, 4.69) is 14.5 Å². The van der Waals surface area contributed by atoms with E-state index in [9.17, 15) is 19.7 Å². The second-order valence-corrected chi connectivity index (χ2v) is 7.88. The number of carbonyl (C=O) groups is 2. The van der Waals surface area contributed by atoms with Crippen LogP contribution in [-0.4, -0.2) is 52.5 Å². The predicted molar refractivity (Wildman–Crippen MR) is 105 cm³/mol. The summed E-state index contributed by atoms with van der Waals surface area (Å²) in [7, 11) is 1.55. The molecule has 0 aliphatic carbocycles. The van der Waals surface area contributed by atoms with Gasteiger partial charge in [-0.2, -0.15) is 0 Å². The van der Waals surface area contributed by atoms with Crippen LogP contribution >= 0.6 is 0 Å². The molecule has 1 saturated heterocycles. The molecule has 7 nitrogen and oxygen atoms in total. The molecule has 0 bridgehead atoms. The van der Waals surface area contributed by atoms with Gasteiger partial charge in [-0.05, 0) is 29.3 Å².